The molecule has 25 heavy (non-hydrogen) atoms. The maximum atomic E-state index is 12.2. The van der Waals surface area contributed by atoms with Crippen molar-refractivity contribution in [1.29, 1.82) is 0 Å². The first kappa shape index (κ1) is 17.6. The van der Waals surface area contributed by atoms with Crippen LogP contribution in [0.4, 0.5) is 0 Å². The lowest BCUT2D eigenvalue weighted by molar-refractivity contribution is -0.131. The minimum absolute atomic E-state index is 0.0504. The van der Waals surface area contributed by atoms with E-state index >= 15 is 0 Å². The zero-order valence-corrected chi connectivity index (χ0v) is 14.9. The Bertz CT molecular complexity index is 952. The molecule has 1 aromatic heterocycles. The molecule has 1 aliphatic heterocycles. The predicted octanol–water partition coefficient (Wildman–Crippen LogP) is 0.891. The molecule has 7 nitrogen and oxygen atoms in total. The van der Waals surface area contributed by atoms with E-state index in [1.165, 1.54) is 0 Å². The Morgan fingerprint density at radius 3 is 2.84 bits per heavy atom. The van der Waals surface area contributed by atoms with Gasteiger partial charge in [-0.05, 0) is 25.0 Å². The Balaban J connectivity index is 1.57. The summed E-state index contributed by atoms with van der Waals surface area (Å²) in [6.45, 7) is 0. The van der Waals surface area contributed by atoms with Crippen LogP contribution in [0.3, 0.4) is 0 Å². The fraction of sp³-hybridized carbons (Fsp3) is 0.471. The summed E-state index contributed by atoms with van der Waals surface area (Å²) >= 11 is 0. The number of hydrogen-bond donors (Lipinski definition) is 1. The summed E-state index contributed by atoms with van der Waals surface area (Å²) in [6.07, 6.45) is 1.83. The van der Waals surface area contributed by atoms with Gasteiger partial charge in [0.2, 0.25) is 5.91 Å². The molecular formula is C17H21N3O4S. The molecule has 0 saturated carbocycles. The predicted molar refractivity (Wildman–Crippen MR) is 95.1 cm³/mol. The van der Waals surface area contributed by atoms with Gasteiger partial charge in [-0.2, -0.15) is 0 Å². The average molecular weight is 363 g/mol. The van der Waals surface area contributed by atoms with Crippen LogP contribution in [-0.4, -0.2) is 53.8 Å². The normalized spacial score (nSPS) is 19.2. The number of aromatic nitrogens is 2. The zero-order valence-electron chi connectivity index (χ0n) is 14.1. The molecule has 8 heteroatoms. The average Bonchev–Trinajstić information content (AvgIpc) is 2.94. The molecule has 1 saturated heterocycles. The molecule has 0 radical (unpaired) electrons. The van der Waals surface area contributed by atoms with Crippen molar-refractivity contribution in [2.45, 2.75) is 31.7 Å². The first-order valence-electron chi connectivity index (χ1n) is 8.30. The lowest BCUT2D eigenvalue weighted by atomic mass is 10.1. The second kappa shape index (κ2) is 6.95. The van der Waals surface area contributed by atoms with E-state index in [4.69, 9.17) is 0 Å². The lowest BCUT2D eigenvalue weighted by Crippen LogP contribution is -2.37. The van der Waals surface area contributed by atoms with Gasteiger partial charge in [-0.25, -0.2) is 13.4 Å². The number of para-hydroxylation sites is 1. The van der Waals surface area contributed by atoms with Crippen LogP contribution >= 0.6 is 0 Å². The second-order valence-electron chi connectivity index (χ2n) is 6.44. The molecule has 1 fully saturated rings. The number of nitrogens with one attached hydrogen (secondary N) is 1. The number of carbonyl (C=O) groups excluding carboxylic acids is 1. The van der Waals surface area contributed by atoms with Crippen molar-refractivity contribution in [3.8, 4) is 0 Å². The van der Waals surface area contributed by atoms with Crippen LogP contribution in [0.1, 0.15) is 25.1 Å². The molecule has 0 bridgehead atoms. The van der Waals surface area contributed by atoms with Gasteiger partial charge in [-0.3, -0.25) is 9.59 Å². The van der Waals surface area contributed by atoms with Gasteiger partial charge in [-0.15, -0.1) is 0 Å². The van der Waals surface area contributed by atoms with Crippen molar-refractivity contribution in [2.75, 3.05) is 18.6 Å². The second-order valence-corrected chi connectivity index (χ2v) is 8.67. The SMILES string of the molecule is CN(C(=O)CCCc1nc2ccccc2c(=O)[nH]1)C1CCS(=O)(=O)C1. The van der Waals surface area contributed by atoms with Gasteiger partial charge in [-0.1, -0.05) is 12.1 Å². The number of aromatic amines is 1. The molecule has 1 unspecified atom stereocenters. The van der Waals surface area contributed by atoms with Gasteiger partial charge in [0, 0.05) is 25.9 Å². The Labute approximate surface area is 146 Å². The number of benzene rings is 1. The summed E-state index contributed by atoms with van der Waals surface area (Å²) in [5.41, 5.74) is 0.459. The van der Waals surface area contributed by atoms with Crippen LogP contribution in [0.5, 0.6) is 0 Å². The van der Waals surface area contributed by atoms with Crippen molar-refractivity contribution in [1.82, 2.24) is 14.9 Å². The van der Waals surface area contributed by atoms with Gasteiger partial charge < -0.3 is 9.88 Å². The number of H-pyrrole nitrogens is 1. The molecule has 1 aromatic carbocycles. The van der Waals surface area contributed by atoms with Crippen molar-refractivity contribution >= 4 is 26.6 Å². The number of fused-ring (bicyclic) bond motifs is 1. The fourth-order valence-corrected chi connectivity index (χ4v) is 4.90. The highest BCUT2D eigenvalue weighted by Gasteiger charge is 2.32. The molecule has 0 aliphatic carbocycles. The summed E-state index contributed by atoms with van der Waals surface area (Å²) in [5.74, 6) is 0.680. The van der Waals surface area contributed by atoms with Crippen molar-refractivity contribution in [2.24, 2.45) is 0 Å². The smallest absolute Gasteiger partial charge is 0.258 e. The van der Waals surface area contributed by atoms with Crippen molar-refractivity contribution in [3.05, 3.63) is 40.4 Å². The highest BCUT2D eigenvalue weighted by molar-refractivity contribution is 7.91. The summed E-state index contributed by atoms with van der Waals surface area (Å²) in [7, 11) is -1.35. The van der Waals surface area contributed by atoms with E-state index in [1.54, 1.807) is 30.1 Å². The Morgan fingerprint density at radius 1 is 1.36 bits per heavy atom. The number of rotatable bonds is 5. The van der Waals surface area contributed by atoms with Crippen LogP contribution in [0.2, 0.25) is 0 Å². The van der Waals surface area contributed by atoms with Gasteiger partial charge >= 0.3 is 0 Å². The number of nitrogens with zero attached hydrogens (tertiary/aromatic N) is 2. The monoisotopic (exact) mass is 363 g/mol. The fourth-order valence-electron chi connectivity index (χ4n) is 3.12. The number of sulfone groups is 1. The molecule has 3 rings (SSSR count). The Kier molecular flexibility index (Phi) is 4.89. The molecule has 2 aromatic rings. The number of aryl methyl sites for hydroxylation is 1. The van der Waals surface area contributed by atoms with Crippen molar-refractivity contribution in [3.63, 3.8) is 0 Å². The van der Waals surface area contributed by atoms with Gasteiger partial charge in [0.1, 0.15) is 5.82 Å². The Morgan fingerprint density at radius 2 is 2.12 bits per heavy atom. The third-order valence-corrected chi connectivity index (χ3v) is 6.37. The minimum Gasteiger partial charge on any atom is -0.342 e. The van der Waals surface area contributed by atoms with Gasteiger partial charge in [0.15, 0.2) is 9.84 Å². The first-order chi connectivity index (χ1) is 11.9. The maximum absolute atomic E-state index is 12.2. The van der Waals surface area contributed by atoms with Crippen LogP contribution in [0.25, 0.3) is 10.9 Å². The van der Waals surface area contributed by atoms with E-state index in [9.17, 15) is 18.0 Å². The van der Waals surface area contributed by atoms with E-state index < -0.39 is 9.84 Å². The highest BCUT2D eigenvalue weighted by atomic mass is 32.2. The van der Waals surface area contributed by atoms with Gasteiger partial charge in [0.25, 0.3) is 5.56 Å². The standard InChI is InChI=1S/C17H21N3O4S/c1-20(12-9-10-25(23,24)11-12)16(21)8-4-7-15-18-14-6-3-2-5-13(14)17(22)19-15/h2-3,5-6,12H,4,7-11H2,1H3,(H,18,19,22). The number of amides is 1. The maximum Gasteiger partial charge on any atom is 0.258 e. The molecule has 1 N–H and O–H groups in total. The Hall–Kier alpha value is -2.22. The van der Waals surface area contributed by atoms with E-state index in [2.05, 4.69) is 9.97 Å². The van der Waals surface area contributed by atoms with E-state index in [1.807, 2.05) is 6.07 Å². The van der Waals surface area contributed by atoms with Crippen LogP contribution in [0.15, 0.2) is 29.1 Å². The highest BCUT2D eigenvalue weighted by Crippen LogP contribution is 2.17. The van der Waals surface area contributed by atoms with Gasteiger partial charge in [0.05, 0.1) is 22.4 Å². The molecule has 1 atom stereocenters. The molecule has 1 aliphatic rings. The topological polar surface area (TPSA) is 100 Å². The van der Waals surface area contributed by atoms with E-state index in [0.29, 0.717) is 42.4 Å². The third kappa shape index (κ3) is 4.07. The van der Waals surface area contributed by atoms with Crippen LogP contribution < -0.4 is 5.56 Å². The molecule has 0 spiro atoms. The number of hydrogen-bond acceptors (Lipinski definition) is 5. The summed E-state index contributed by atoms with van der Waals surface area (Å²) in [5, 5.41) is 0.546. The first-order valence-corrected chi connectivity index (χ1v) is 10.1. The molecule has 134 valence electrons. The van der Waals surface area contributed by atoms with Crippen molar-refractivity contribution < 1.29 is 13.2 Å². The summed E-state index contributed by atoms with van der Waals surface area (Å²) in [4.78, 5) is 33.0. The van der Waals surface area contributed by atoms with E-state index in [0.717, 1.165) is 0 Å². The molecular weight excluding hydrogens is 342 g/mol. The quantitative estimate of drug-likeness (QED) is 0.850. The van der Waals surface area contributed by atoms with E-state index in [-0.39, 0.29) is 29.0 Å². The lowest BCUT2D eigenvalue weighted by Gasteiger charge is -2.23. The minimum atomic E-state index is -3.01. The third-order valence-electron chi connectivity index (χ3n) is 4.62. The summed E-state index contributed by atoms with van der Waals surface area (Å²) < 4.78 is 23.1. The largest absolute Gasteiger partial charge is 0.342 e. The summed E-state index contributed by atoms with van der Waals surface area (Å²) in [6, 6.07) is 6.90. The van der Waals surface area contributed by atoms with Crippen LogP contribution in [-0.2, 0) is 21.1 Å². The van der Waals surface area contributed by atoms with Crippen LogP contribution in [0, 0.1) is 0 Å². The zero-order chi connectivity index (χ0) is 18.0. The molecule has 2 heterocycles. The molecule has 1 amide bonds. The number of carbonyl (C=O) groups is 1.